The first-order valence-electron chi connectivity index (χ1n) is 7.62. The fraction of sp³-hybridized carbons (Fsp3) is 0.600. The zero-order valence-corrected chi connectivity index (χ0v) is 13.3. The maximum atomic E-state index is 9.62. The fourth-order valence-corrected chi connectivity index (χ4v) is 3.68. The fourth-order valence-electron chi connectivity index (χ4n) is 2.80. The lowest BCUT2D eigenvalue weighted by molar-refractivity contribution is 0.126. The Morgan fingerprint density at radius 1 is 1.29 bits per heavy atom. The molecule has 0 unspecified atom stereocenters. The van der Waals surface area contributed by atoms with E-state index in [-0.39, 0.29) is 6.10 Å². The van der Waals surface area contributed by atoms with Gasteiger partial charge in [-0.3, -0.25) is 0 Å². The van der Waals surface area contributed by atoms with E-state index in [0.717, 1.165) is 48.3 Å². The molecule has 6 heteroatoms. The molecule has 5 nitrogen and oxygen atoms in total. The highest BCUT2D eigenvalue weighted by Crippen LogP contribution is 2.31. The van der Waals surface area contributed by atoms with Crippen LogP contribution >= 0.6 is 11.3 Å². The molecule has 1 fully saturated rings. The van der Waals surface area contributed by atoms with E-state index in [1.807, 2.05) is 6.92 Å². The van der Waals surface area contributed by atoms with Crippen LogP contribution < -0.4 is 10.6 Å². The van der Waals surface area contributed by atoms with Gasteiger partial charge in [0.25, 0.3) is 0 Å². The molecule has 0 aromatic carbocycles. The predicted octanol–water partition coefficient (Wildman–Crippen LogP) is 3.15. The van der Waals surface area contributed by atoms with Gasteiger partial charge in [-0.1, -0.05) is 0 Å². The molecule has 2 heterocycles. The smallest absolute Gasteiger partial charge is 0.226 e. The van der Waals surface area contributed by atoms with Crippen LogP contribution in [0.15, 0.2) is 6.07 Å². The van der Waals surface area contributed by atoms with Crippen molar-refractivity contribution >= 4 is 33.3 Å². The molecule has 2 aromatic heterocycles. The molecule has 1 saturated carbocycles. The van der Waals surface area contributed by atoms with Crippen LogP contribution in [0.1, 0.15) is 37.5 Å². The Morgan fingerprint density at radius 3 is 2.76 bits per heavy atom. The van der Waals surface area contributed by atoms with Gasteiger partial charge in [-0.05, 0) is 45.6 Å². The van der Waals surface area contributed by atoms with E-state index in [4.69, 9.17) is 0 Å². The summed E-state index contributed by atoms with van der Waals surface area (Å²) < 4.78 is 0. The Bertz CT molecular complexity index is 619. The van der Waals surface area contributed by atoms with E-state index in [0.29, 0.717) is 12.0 Å². The SMILES string of the molecule is CCNc1nc(NC2CCC(O)CC2)c2cc(C)sc2n1. The molecule has 0 amide bonds. The van der Waals surface area contributed by atoms with Crippen molar-refractivity contribution in [1.82, 2.24) is 9.97 Å². The lowest BCUT2D eigenvalue weighted by atomic mass is 9.93. The van der Waals surface area contributed by atoms with Gasteiger partial charge in [0, 0.05) is 17.5 Å². The van der Waals surface area contributed by atoms with Gasteiger partial charge in [0.15, 0.2) is 0 Å². The van der Waals surface area contributed by atoms with Crippen molar-refractivity contribution in [1.29, 1.82) is 0 Å². The lowest BCUT2D eigenvalue weighted by Crippen LogP contribution is -2.28. The minimum atomic E-state index is -0.130. The summed E-state index contributed by atoms with van der Waals surface area (Å²) in [4.78, 5) is 11.5. The summed E-state index contributed by atoms with van der Waals surface area (Å²) >= 11 is 1.70. The third kappa shape index (κ3) is 3.27. The zero-order chi connectivity index (χ0) is 14.8. The average Bonchev–Trinajstić information content (AvgIpc) is 2.82. The van der Waals surface area contributed by atoms with Crippen molar-refractivity contribution < 1.29 is 5.11 Å². The van der Waals surface area contributed by atoms with Gasteiger partial charge in [0.1, 0.15) is 10.6 Å². The predicted molar refractivity (Wildman–Crippen MR) is 88.2 cm³/mol. The highest BCUT2D eigenvalue weighted by atomic mass is 32.1. The maximum absolute atomic E-state index is 9.62. The van der Waals surface area contributed by atoms with Crippen LogP contribution in [-0.4, -0.2) is 33.8 Å². The van der Waals surface area contributed by atoms with Gasteiger partial charge in [-0.15, -0.1) is 11.3 Å². The van der Waals surface area contributed by atoms with Crippen molar-refractivity contribution in [2.75, 3.05) is 17.2 Å². The largest absolute Gasteiger partial charge is 0.393 e. The Labute approximate surface area is 128 Å². The van der Waals surface area contributed by atoms with Crippen LogP contribution in [0, 0.1) is 6.92 Å². The summed E-state index contributed by atoms with van der Waals surface area (Å²) in [5, 5.41) is 17.5. The molecule has 0 atom stereocenters. The number of aliphatic hydroxyl groups excluding tert-OH is 1. The van der Waals surface area contributed by atoms with E-state index in [9.17, 15) is 5.11 Å². The van der Waals surface area contributed by atoms with Crippen LogP contribution in [0.5, 0.6) is 0 Å². The highest BCUT2D eigenvalue weighted by molar-refractivity contribution is 7.18. The van der Waals surface area contributed by atoms with Crippen molar-refractivity contribution in [3.05, 3.63) is 10.9 Å². The number of anilines is 2. The van der Waals surface area contributed by atoms with E-state index in [2.05, 4.69) is 33.6 Å². The highest BCUT2D eigenvalue weighted by Gasteiger charge is 2.21. The second-order valence-electron chi connectivity index (χ2n) is 5.65. The molecule has 0 radical (unpaired) electrons. The van der Waals surface area contributed by atoms with Crippen molar-refractivity contribution in [3.8, 4) is 0 Å². The lowest BCUT2D eigenvalue weighted by Gasteiger charge is -2.26. The number of aromatic nitrogens is 2. The topological polar surface area (TPSA) is 70.1 Å². The number of nitrogens with one attached hydrogen (secondary N) is 2. The number of hydrogen-bond donors (Lipinski definition) is 3. The molecular formula is C15H22N4OS. The standard InChI is InChI=1S/C15H22N4OS/c1-3-16-15-18-13(12-8-9(2)21-14(12)19-15)17-10-4-6-11(20)7-5-10/h8,10-11,20H,3-7H2,1-2H3,(H2,16,17,18,19). The first kappa shape index (κ1) is 14.5. The second-order valence-corrected chi connectivity index (χ2v) is 6.89. The number of thiophene rings is 1. The van der Waals surface area contributed by atoms with Gasteiger partial charge in [-0.2, -0.15) is 4.98 Å². The summed E-state index contributed by atoms with van der Waals surface area (Å²) in [5.74, 6) is 1.60. The number of rotatable bonds is 4. The third-order valence-electron chi connectivity index (χ3n) is 3.89. The molecule has 0 spiro atoms. The van der Waals surface area contributed by atoms with Gasteiger partial charge in [0.05, 0.1) is 11.5 Å². The first-order chi connectivity index (χ1) is 10.2. The van der Waals surface area contributed by atoms with E-state index < -0.39 is 0 Å². The Balaban J connectivity index is 1.88. The summed E-state index contributed by atoms with van der Waals surface area (Å²) in [6.07, 6.45) is 3.59. The molecule has 3 N–H and O–H groups in total. The number of hydrogen-bond acceptors (Lipinski definition) is 6. The quantitative estimate of drug-likeness (QED) is 0.809. The average molecular weight is 306 g/mol. The first-order valence-corrected chi connectivity index (χ1v) is 8.44. The normalized spacial score (nSPS) is 22.4. The molecule has 0 saturated heterocycles. The van der Waals surface area contributed by atoms with Gasteiger partial charge < -0.3 is 15.7 Å². The Morgan fingerprint density at radius 2 is 2.05 bits per heavy atom. The minimum Gasteiger partial charge on any atom is -0.393 e. The van der Waals surface area contributed by atoms with Crippen LogP contribution in [0.3, 0.4) is 0 Å². The second kappa shape index (κ2) is 6.15. The van der Waals surface area contributed by atoms with Gasteiger partial charge in [-0.25, -0.2) is 4.98 Å². The molecule has 21 heavy (non-hydrogen) atoms. The maximum Gasteiger partial charge on any atom is 0.226 e. The third-order valence-corrected chi connectivity index (χ3v) is 4.83. The summed E-state index contributed by atoms with van der Waals surface area (Å²) in [6, 6.07) is 2.54. The van der Waals surface area contributed by atoms with Crippen LogP contribution in [0.25, 0.3) is 10.2 Å². The molecule has 114 valence electrons. The molecule has 3 rings (SSSR count). The van der Waals surface area contributed by atoms with E-state index >= 15 is 0 Å². The van der Waals surface area contributed by atoms with Crippen LogP contribution in [0.4, 0.5) is 11.8 Å². The van der Waals surface area contributed by atoms with Crippen LogP contribution in [0.2, 0.25) is 0 Å². The summed E-state index contributed by atoms with van der Waals surface area (Å²) in [5.41, 5.74) is 0. The van der Waals surface area contributed by atoms with Crippen molar-refractivity contribution in [2.45, 2.75) is 51.7 Å². The number of fused-ring (bicyclic) bond motifs is 1. The molecule has 2 aromatic rings. The summed E-state index contributed by atoms with van der Waals surface area (Å²) in [7, 11) is 0. The Kier molecular flexibility index (Phi) is 4.26. The van der Waals surface area contributed by atoms with Crippen molar-refractivity contribution in [2.24, 2.45) is 0 Å². The number of aliphatic hydroxyl groups is 1. The van der Waals surface area contributed by atoms with Crippen molar-refractivity contribution in [3.63, 3.8) is 0 Å². The monoisotopic (exact) mass is 306 g/mol. The summed E-state index contributed by atoms with van der Waals surface area (Å²) in [6.45, 7) is 4.95. The minimum absolute atomic E-state index is 0.130. The number of aryl methyl sites for hydroxylation is 1. The van der Waals surface area contributed by atoms with Gasteiger partial charge >= 0.3 is 0 Å². The molecular weight excluding hydrogens is 284 g/mol. The van der Waals surface area contributed by atoms with E-state index in [1.165, 1.54) is 4.88 Å². The Hall–Kier alpha value is -1.40. The van der Waals surface area contributed by atoms with Gasteiger partial charge in [0.2, 0.25) is 5.95 Å². The molecule has 0 aliphatic heterocycles. The zero-order valence-electron chi connectivity index (χ0n) is 12.5. The number of nitrogens with zero attached hydrogens (tertiary/aromatic N) is 2. The van der Waals surface area contributed by atoms with Crippen LogP contribution in [-0.2, 0) is 0 Å². The molecule has 1 aliphatic rings. The molecule has 1 aliphatic carbocycles. The molecule has 0 bridgehead atoms. The van der Waals surface area contributed by atoms with E-state index in [1.54, 1.807) is 11.3 Å².